The van der Waals surface area contributed by atoms with Crippen LogP contribution >= 0.6 is 0 Å². The Labute approximate surface area is 68.4 Å². The first-order valence-electron chi connectivity index (χ1n) is 3.68. The lowest BCUT2D eigenvalue weighted by Gasteiger charge is -2.17. The fourth-order valence-corrected chi connectivity index (χ4v) is 1.47. The van der Waals surface area contributed by atoms with Crippen LogP contribution in [0.1, 0.15) is 0 Å². The van der Waals surface area contributed by atoms with Crippen molar-refractivity contribution in [2.45, 2.75) is 19.6 Å². The monoisotopic (exact) mass is 167 g/mol. The molecule has 60 valence electrons. The molecule has 11 heavy (non-hydrogen) atoms. The van der Waals surface area contributed by atoms with E-state index in [0.717, 1.165) is 5.88 Å². The molecule has 3 heteroatoms. The Morgan fingerprint density at radius 2 is 2.00 bits per heavy atom. The standard InChI is InChI=1S/C8H13NOSi/c1-11(2,3)10-8-6-4-5-7-9-8/h4-7H,1-3H3. The average molecular weight is 167 g/mol. The number of nitrogens with zero attached hydrogens (tertiary/aromatic N) is 1. The lowest BCUT2D eigenvalue weighted by atomic mass is 10.5. The third-order valence-electron chi connectivity index (χ3n) is 1.05. The van der Waals surface area contributed by atoms with Crippen LogP contribution in [0.2, 0.25) is 19.6 Å². The molecule has 1 rings (SSSR count). The maximum atomic E-state index is 5.63. The predicted molar refractivity (Wildman–Crippen MR) is 48.2 cm³/mol. The van der Waals surface area contributed by atoms with Gasteiger partial charge in [0.1, 0.15) is 0 Å². The quantitative estimate of drug-likeness (QED) is 0.630. The lowest BCUT2D eigenvalue weighted by molar-refractivity contribution is 0.534. The van der Waals surface area contributed by atoms with Crippen molar-refractivity contribution in [1.82, 2.24) is 4.98 Å². The Kier molecular flexibility index (Phi) is 2.29. The Morgan fingerprint density at radius 1 is 1.27 bits per heavy atom. The highest BCUT2D eigenvalue weighted by molar-refractivity contribution is 6.70. The van der Waals surface area contributed by atoms with Crippen LogP contribution < -0.4 is 4.43 Å². The molecule has 0 N–H and O–H groups in total. The minimum atomic E-state index is -1.46. The minimum absolute atomic E-state index is 0.742. The normalized spacial score (nSPS) is 11.2. The maximum Gasteiger partial charge on any atom is 0.244 e. The van der Waals surface area contributed by atoms with Gasteiger partial charge in [-0.2, -0.15) is 0 Å². The summed E-state index contributed by atoms with van der Waals surface area (Å²) in [4.78, 5) is 4.08. The van der Waals surface area contributed by atoms with Crippen molar-refractivity contribution in [3.8, 4) is 5.88 Å². The predicted octanol–water partition coefficient (Wildman–Crippen LogP) is 2.30. The molecule has 1 aromatic heterocycles. The van der Waals surface area contributed by atoms with E-state index < -0.39 is 8.32 Å². The van der Waals surface area contributed by atoms with Crippen molar-refractivity contribution < 1.29 is 4.43 Å². The van der Waals surface area contributed by atoms with Crippen LogP contribution in [0.15, 0.2) is 24.4 Å². The van der Waals surface area contributed by atoms with Crippen LogP contribution in [0, 0.1) is 0 Å². The first-order chi connectivity index (χ1) is 5.08. The fourth-order valence-electron chi connectivity index (χ4n) is 0.721. The summed E-state index contributed by atoms with van der Waals surface area (Å²) in [7, 11) is -1.46. The highest BCUT2D eigenvalue weighted by Gasteiger charge is 2.16. The van der Waals surface area contributed by atoms with E-state index >= 15 is 0 Å². The van der Waals surface area contributed by atoms with Gasteiger partial charge >= 0.3 is 0 Å². The summed E-state index contributed by atoms with van der Waals surface area (Å²) in [5.74, 6) is 0.742. The van der Waals surface area contributed by atoms with Crippen LogP contribution in [0.5, 0.6) is 5.88 Å². The molecule has 0 fully saturated rings. The van der Waals surface area contributed by atoms with Gasteiger partial charge in [0.15, 0.2) is 5.88 Å². The molecule has 0 aliphatic rings. The Bertz CT molecular complexity index is 217. The molecule has 0 amide bonds. The molecular formula is C8H13NOSi. The number of aromatic nitrogens is 1. The minimum Gasteiger partial charge on any atom is -0.531 e. The van der Waals surface area contributed by atoms with Crippen molar-refractivity contribution in [3.63, 3.8) is 0 Å². The van der Waals surface area contributed by atoms with Crippen molar-refractivity contribution in [3.05, 3.63) is 24.4 Å². The molecule has 0 unspecified atom stereocenters. The van der Waals surface area contributed by atoms with Crippen LogP contribution in [0.4, 0.5) is 0 Å². The second-order valence-electron chi connectivity index (χ2n) is 3.38. The van der Waals surface area contributed by atoms with Gasteiger partial charge in [-0.1, -0.05) is 6.07 Å². The van der Waals surface area contributed by atoms with E-state index in [9.17, 15) is 0 Å². The van der Waals surface area contributed by atoms with Gasteiger partial charge in [0.25, 0.3) is 0 Å². The van der Waals surface area contributed by atoms with Gasteiger partial charge in [0.05, 0.1) is 0 Å². The zero-order chi connectivity index (χ0) is 8.32. The molecule has 0 aliphatic heterocycles. The molecular weight excluding hydrogens is 154 g/mol. The van der Waals surface area contributed by atoms with E-state index in [-0.39, 0.29) is 0 Å². The molecule has 0 saturated carbocycles. The first kappa shape index (κ1) is 8.27. The Morgan fingerprint density at radius 3 is 2.45 bits per heavy atom. The molecule has 0 spiro atoms. The molecule has 0 radical (unpaired) electrons. The molecule has 0 aliphatic carbocycles. The summed E-state index contributed by atoms with van der Waals surface area (Å²) in [5, 5.41) is 0. The van der Waals surface area contributed by atoms with E-state index in [1.54, 1.807) is 6.20 Å². The highest BCUT2D eigenvalue weighted by Crippen LogP contribution is 2.10. The number of hydrogen-bond donors (Lipinski definition) is 0. The van der Waals surface area contributed by atoms with Gasteiger partial charge in [-0.25, -0.2) is 4.98 Å². The van der Waals surface area contributed by atoms with E-state index in [2.05, 4.69) is 24.6 Å². The Hall–Kier alpha value is -0.833. The largest absolute Gasteiger partial charge is 0.531 e. The zero-order valence-corrected chi connectivity index (χ0v) is 8.16. The van der Waals surface area contributed by atoms with Crippen molar-refractivity contribution in [2.75, 3.05) is 0 Å². The van der Waals surface area contributed by atoms with Crippen molar-refractivity contribution >= 4 is 8.32 Å². The van der Waals surface area contributed by atoms with E-state index in [4.69, 9.17) is 4.43 Å². The summed E-state index contributed by atoms with van der Waals surface area (Å²) < 4.78 is 5.63. The summed E-state index contributed by atoms with van der Waals surface area (Å²) in [5.41, 5.74) is 0. The fraction of sp³-hybridized carbons (Fsp3) is 0.375. The van der Waals surface area contributed by atoms with Crippen molar-refractivity contribution in [2.24, 2.45) is 0 Å². The third-order valence-corrected chi connectivity index (χ3v) is 1.87. The number of pyridine rings is 1. The van der Waals surface area contributed by atoms with E-state index in [1.807, 2.05) is 18.2 Å². The molecule has 1 heterocycles. The van der Waals surface area contributed by atoms with Crippen molar-refractivity contribution in [1.29, 1.82) is 0 Å². The second kappa shape index (κ2) is 3.05. The zero-order valence-electron chi connectivity index (χ0n) is 7.16. The molecule has 2 nitrogen and oxygen atoms in total. The summed E-state index contributed by atoms with van der Waals surface area (Å²) in [6, 6.07) is 5.71. The number of hydrogen-bond acceptors (Lipinski definition) is 2. The topological polar surface area (TPSA) is 22.1 Å². The lowest BCUT2D eigenvalue weighted by Crippen LogP contribution is -2.29. The molecule has 0 saturated heterocycles. The average Bonchev–Trinajstić information content (AvgIpc) is 1.85. The molecule has 0 atom stereocenters. The highest BCUT2D eigenvalue weighted by atomic mass is 28.4. The summed E-state index contributed by atoms with van der Waals surface area (Å²) >= 11 is 0. The molecule has 0 bridgehead atoms. The van der Waals surface area contributed by atoms with Gasteiger partial charge in [-0.15, -0.1) is 0 Å². The first-order valence-corrected chi connectivity index (χ1v) is 7.09. The van der Waals surface area contributed by atoms with Gasteiger partial charge in [-0.3, -0.25) is 0 Å². The van der Waals surface area contributed by atoms with Gasteiger partial charge in [0.2, 0.25) is 8.32 Å². The molecule has 0 aromatic carbocycles. The van der Waals surface area contributed by atoms with Crippen LogP contribution in [-0.2, 0) is 0 Å². The number of rotatable bonds is 2. The van der Waals surface area contributed by atoms with Gasteiger partial charge in [0, 0.05) is 6.20 Å². The van der Waals surface area contributed by atoms with Crippen LogP contribution in [0.3, 0.4) is 0 Å². The smallest absolute Gasteiger partial charge is 0.244 e. The maximum absolute atomic E-state index is 5.63. The summed E-state index contributed by atoms with van der Waals surface area (Å²) in [6.07, 6.45) is 1.75. The third kappa shape index (κ3) is 3.18. The van der Waals surface area contributed by atoms with E-state index in [0.29, 0.717) is 0 Å². The van der Waals surface area contributed by atoms with Gasteiger partial charge < -0.3 is 4.43 Å². The summed E-state index contributed by atoms with van der Waals surface area (Å²) in [6.45, 7) is 6.42. The van der Waals surface area contributed by atoms with Crippen LogP contribution in [0.25, 0.3) is 0 Å². The van der Waals surface area contributed by atoms with Gasteiger partial charge in [-0.05, 0) is 31.8 Å². The Balaban J connectivity index is 2.66. The van der Waals surface area contributed by atoms with Crippen LogP contribution in [-0.4, -0.2) is 13.3 Å². The molecule has 1 aromatic rings. The SMILES string of the molecule is C[Si](C)(C)Oc1ccccn1. The second-order valence-corrected chi connectivity index (χ2v) is 7.81. The van der Waals surface area contributed by atoms with E-state index in [1.165, 1.54) is 0 Å².